The third-order valence-electron chi connectivity index (χ3n) is 5.55. The van der Waals surface area contributed by atoms with Crippen LogP contribution in [0.2, 0.25) is 0 Å². The molecule has 4 rings (SSSR count). The molecule has 2 atom stereocenters. The fraction of sp³-hybridized carbons (Fsp3) is 0.238. The maximum absolute atomic E-state index is 12.6. The maximum Gasteiger partial charge on any atom is 0.337 e. The second-order valence-electron chi connectivity index (χ2n) is 7.07. The lowest BCUT2D eigenvalue weighted by Gasteiger charge is -2.20. The Kier molecular flexibility index (Phi) is 4.03. The summed E-state index contributed by atoms with van der Waals surface area (Å²) in [6.45, 7) is -0.182. The van der Waals surface area contributed by atoms with E-state index >= 15 is 0 Å². The van der Waals surface area contributed by atoms with Gasteiger partial charge in [-0.25, -0.2) is 4.79 Å². The minimum atomic E-state index is -1.22. The van der Waals surface area contributed by atoms with E-state index in [2.05, 4.69) is 4.74 Å². The molecule has 2 aromatic carbocycles. The van der Waals surface area contributed by atoms with E-state index in [1.807, 2.05) is 0 Å². The van der Waals surface area contributed by atoms with Gasteiger partial charge in [0.25, 0.3) is 11.8 Å². The Labute approximate surface area is 160 Å². The van der Waals surface area contributed by atoms with Gasteiger partial charge in [-0.05, 0) is 36.2 Å². The number of carbonyl (C=O) groups is 4. The highest BCUT2D eigenvalue weighted by molar-refractivity contribution is 6.21. The molecule has 7 nitrogen and oxygen atoms in total. The van der Waals surface area contributed by atoms with Crippen LogP contribution in [-0.2, 0) is 9.53 Å². The van der Waals surface area contributed by atoms with Crippen LogP contribution in [0.1, 0.15) is 49.0 Å². The van der Waals surface area contributed by atoms with Crippen molar-refractivity contribution in [3.8, 4) is 0 Å². The molecule has 0 saturated heterocycles. The summed E-state index contributed by atoms with van der Waals surface area (Å²) in [7, 11) is 1.29. The zero-order chi connectivity index (χ0) is 20.1. The number of rotatable bonds is 5. The summed E-state index contributed by atoms with van der Waals surface area (Å²) in [6, 6.07) is 13.0. The molecule has 1 aliphatic heterocycles. The number of carboxylic acids is 1. The van der Waals surface area contributed by atoms with Crippen LogP contribution in [0.5, 0.6) is 0 Å². The largest absolute Gasteiger partial charge is 0.481 e. The zero-order valence-corrected chi connectivity index (χ0v) is 15.0. The van der Waals surface area contributed by atoms with Crippen LogP contribution in [0.15, 0.2) is 48.5 Å². The number of carbonyl (C=O) groups excluding carboxylic acids is 3. The SMILES string of the molecule is COC(=O)c1ccc([C@H]2C[C@@]2(CN2C(=O)c3ccccc3C2=O)C(=O)O)cc1. The molecular weight excluding hydrogens is 362 g/mol. The highest BCUT2D eigenvalue weighted by Crippen LogP contribution is 2.60. The van der Waals surface area contributed by atoms with Gasteiger partial charge in [0, 0.05) is 12.5 Å². The third-order valence-corrected chi connectivity index (χ3v) is 5.55. The molecule has 7 heteroatoms. The first kappa shape index (κ1) is 17.9. The minimum Gasteiger partial charge on any atom is -0.481 e. The first-order valence-corrected chi connectivity index (χ1v) is 8.76. The molecule has 2 aliphatic rings. The van der Waals surface area contributed by atoms with Gasteiger partial charge in [-0.3, -0.25) is 19.3 Å². The Balaban J connectivity index is 1.58. The molecule has 1 aliphatic carbocycles. The van der Waals surface area contributed by atoms with E-state index in [-0.39, 0.29) is 12.5 Å². The van der Waals surface area contributed by atoms with E-state index in [0.29, 0.717) is 23.1 Å². The molecule has 0 aromatic heterocycles. The van der Waals surface area contributed by atoms with E-state index in [1.54, 1.807) is 48.5 Å². The van der Waals surface area contributed by atoms with Crippen molar-refractivity contribution in [2.24, 2.45) is 5.41 Å². The lowest BCUT2D eigenvalue weighted by Crippen LogP contribution is -2.39. The fourth-order valence-corrected chi connectivity index (χ4v) is 3.86. The van der Waals surface area contributed by atoms with Gasteiger partial charge in [0.15, 0.2) is 0 Å². The Morgan fingerprint density at radius 1 is 1.07 bits per heavy atom. The van der Waals surface area contributed by atoms with Gasteiger partial charge in [0.05, 0.1) is 29.2 Å². The number of methoxy groups -OCH3 is 1. The number of hydrogen-bond donors (Lipinski definition) is 1. The second-order valence-corrected chi connectivity index (χ2v) is 7.07. The van der Waals surface area contributed by atoms with Crippen molar-refractivity contribution >= 4 is 23.8 Å². The molecule has 2 amide bonds. The summed E-state index contributed by atoms with van der Waals surface area (Å²) < 4.78 is 4.66. The van der Waals surface area contributed by atoms with E-state index < -0.39 is 29.2 Å². The predicted molar refractivity (Wildman–Crippen MR) is 97.0 cm³/mol. The van der Waals surface area contributed by atoms with Gasteiger partial charge in [-0.2, -0.15) is 0 Å². The van der Waals surface area contributed by atoms with Crippen LogP contribution < -0.4 is 0 Å². The normalized spacial score (nSPS) is 22.8. The summed E-state index contributed by atoms with van der Waals surface area (Å²) in [4.78, 5) is 49.8. The van der Waals surface area contributed by atoms with Gasteiger partial charge in [0.2, 0.25) is 0 Å². The molecule has 0 unspecified atom stereocenters. The van der Waals surface area contributed by atoms with Crippen LogP contribution in [0, 0.1) is 5.41 Å². The summed E-state index contributed by atoms with van der Waals surface area (Å²) in [5, 5.41) is 9.84. The molecule has 0 radical (unpaired) electrons. The number of benzene rings is 2. The maximum atomic E-state index is 12.6. The molecular formula is C21H17NO6. The lowest BCUT2D eigenvalue weighted by molar-refractivity contribution is -0.143. The molecule has 0 spiro atoms. The fourth-order valence-electron chi connectivity index (χ4n) is 3.86. The van der Waals surface area contributed by atoms with E-state index in [0.717, 1.165) is 10.5 Å². The van der Waals surface area contributed by atoms with Gasteiger partial charge in [0.1, 0.15) is 0 Å². The number of esters is 1. The monoisotopic (exact) mass is 379 g/mol. The van der Waals surface area contributed by atoms with E-state index in [9.17, 15) is 24.3 Å². The number of nitrogens with zero attached hydrogens (tertiary/aromatic N) is 1. The molecule has 1 heterocycles. The summed E-state index contributed by atoms with van der Waals surface area (Å²) in [5.74, 6) is -2.80. The van der Waals surface area contributed by atoms with Gasteiger partial charge < -0.3 is 9.84 Å². The van der Waals surface area contributed by atoms with Crippen molar-refractivity contribution in [1.29, 1.82) is 0 Å². The van der Waals surface area contributed by atoms with Crippen LogP contribution in [-0.4, -0.2) is 47.4 Å². The smallest absolute Gasteiger partial charge is 0.337 e. The number of hydrogen-bond acceptors (Lipinski definition) is 5. The number of imide groups is 1. The van der Waals surface area contributed by atoms with E-state index in [1.165, 1.54) is 7.11 Å². The van der Waals surface area contributed by atoms with Crippen molar-refractivity contribution < 1.29 is 29.0 Å². The number of fused-ring (bicyclic) bond motifs is 1. The quantitative estimate of drug-likeness (QED) is 0.632. The third kappa shape index (κ3) is 2.58. The van der Waals surface area contributed by atoms with Crippen LogP contribution in [0.3, 0.4) is 0 Å². The molecule has 0 bridgehead atoms. The van der Waals surface area contributed by atoms with Crippen molar-refractivity contribution in [2.45, 2.75) is 12.3 Å². The van der Waals surface area contributed by atoms with Gasteiger partial charge in [-0.15, -0.1) is 0 Å². The first-order valence-electron chi connectivity index (χ1n) is 8.76. The van der Waals surface area contributed by atoms with Crippen LogP contribution >= 0.6 is 0 Å². The van der Waals surface area contributed by atoms with Crippen molar-refractivity contribution in [2.75, 3.05) is 13.7 Å². The highest BCUT2D eigenvalue weighted by atomic mass is 16.5. The molecule has 1 N–H and O–H groups in total. The summed E-state index contributed by atoms with van der Waals surface area (Å²) in [6.07, 6.45) is 0.313. The van der Waals surface area contributed by atoms with Crippen molar-refractivity contribution in [3.05, 3.63) is 70.8 Å². The topological polar surface area (TPSA) is 101 Å². The number of amides is 2. The predicted octanol–water partition coefficient (Wildman–Crippen LogP) is 2.33. The Hall–Kier alpha value is -3.48. The standard InChI is InChI=1S/C21H17NO6/c1-28-19(25)13-8-6-12(7-9-13)16-10-21(16,20(26)27)11-22-17(23)14-4-2-3-5-15(14)18(22)24/h2-9,16H,10-11H2,1H3,(H,26,27)/t16-,21+/m1/s1. The van der Waals surface area contributed by atoms with Crippen molar-refractivity contribution in [1.82, 2.24) is 4.90 Å². The average Bonchev–Trinajstić information content (AvgIpc) is 3.41. The molecule has 142 valence electrons. The lowest BCUT2D eigenvalue weighted by atomic mass is 9.97. The number of aliphatic carboxylic acids is 1. The second kappa shape index (κ2) is 6.30. The molecule has 1 fully saturated rings. The average molecular weight is 379 g/mol. The van der Waals surface area contributed by atoms with Crippen molar-refractivity contribution in [3.63, 3.8) is 0 Å². The summed E-state index contributed by atoms with van der Waals surface area (Å²) in [5.41, 5.74) is 0.486. The minimum absolute atomic E-state index is 0.182. The van der Waals surface area contributed by atoms with Crippen LogP contribution in [0.25, 0.3) is 0 Å². The van der Waals surface area contributed by atoms with Gasteiger partial charge in [-0.1, -0.05) is 24.3 Å². The van der Waals surface area contributed by atoms with Gasteiger partial charge >= 0.3 is 11.9 Å². The number of carboxylic acid groups (broad SMARTS) is 1. The van der Waals surface area contributed by atoms with Crippen LogP contribution in [0.4, 0.5) is 0 Å². The first-order chi connectivity index (χ1) is 13.4. The highest BCUT2D eigenvalue weighted by Gasteiger charge is 2.63. The molecule has 2 aromatic rings. The Morgan fingerprint density at radius 2 is 1.64 bits per heavy atom. The Morgan fingerprint density at radius 3 is 2.14 bits per heavy atom. The molecule has 28 heavy (non-hydrogen) atoms. The Bertz CT molecular complexity index is 977. The molecule has 1 saturated carbocycles. The summed E-state index contributed by atoms with van der Waals surface area (Å²) >= 11 is 0. The zero-order valence-electron chi connectivity index (χ0n) is 15.0. The van der Waals surface area contributed by atoms with E-state index in [4.69, 9.17) is 0 Å². The number of ether oxygens (including phenoxy) is 1.